The van der Waals surface area contributed by atoms with Crippen molar-refractivity contribution >= 4 is 43.7 Å². The van der Waals surface area contributed by atoms with E-state index >= 15 is 8.78 Å². The molecule has 5 aliphatic heterocycles. The Bertz CT molecular complexity index is 2590. The highest BCUT2D eigenvalue weighted by Gasteiger charge is 2.53. The third-order valence-electron chi connectivity index (χ3n) is 12.5. The lowest BCUT2D eigenvalue weighted by atomic mass is 9.95. The number of methoxy groups -OCH3 is 1. The molecule has 4 saturated heterocycles. The van der Waals surface area contributed by atoms with Crippen LogP contribution >= 0.6 is 0 Å². The number of rotatable bonds is 10. The van der Waals surface area contributed by atoms with Gasteiger partial charge in [-0.15, -0.1) is 6.42 Å². The number of carbonyl (C=O) groups excluding carboxylic acids is 1. The minimum atomic E-state index is -3.63. The van der Waals surface area contributed by atoms with E-state index in [1.54, 1.807) is 11.0 Å². The van der Waals surface area contributed by atoms with Gasteiger partial charge in [0.15, 0.2) is 12.6 Å². The normalized spacial score (nSPS) is 24.6. The van der Waals surface area contributed by atoms with Gasteiger partial charge in [0.2, 0.25) is 5.88 Å². The lowest BCUT2D eigenvalue weighted by Crippen LogP contribution is -2.63. The number of ether oxygens (including phenoxy) is 5. The number of hydrogen-bond acceptors (Lipinski definition) is 14. The number of benzene rings is 2. The van der Waals surface area contributed by atoms with Crippen molar-refractivity contribution < 1.29 is 49.9 Å². The van der Waals surface area contributed by atoms with E-state index < -0.39 is 45.0 Å². The van der Waals surface area contributed by atoms with Crippen LogP contribution < -0.4 is 19.1 Å². The Morgan fingerprint density at radius 2 is 1.89 bits per heavy atom. The van der Waals surface area contributed by atoms with Gasteiger partial charge < -0.3 is 28.6 Å². The maximum atomic E-state index is 17.7. The predicted octanol–water partition coefficient (Wildman–Crippen LogP) is 5.79. The molecule has 4 fully saturated rings. The number of pyridine rings is 1. The summed E-state index contributed by atoms with van der Waals surface area (Å²) in [5, 5.41) is 0.939. The maximum Gasteiger partial charge on any atom is 0.410 e. The molecule has 9 rings (SSSR count). The van der Waals surface area contributed by atoms with Gasteiger partial charge in [-0.2, -0.15) is 18.4 Å². The van der Waals surface area contributed by atoms with Gasteiger partial charge in [-0.25, -0.2) is 18.6 Å². The third-order valence-corrected chi connectivity index (χ3v) is 13.1. The molecule has 5 atom stereocenters. The molecule has 2 aromatic heterocycles. The molecular weight excluding hydrogens is 815 g/mol. The molecule has 0 unspecified atom stereocenters. The molecule has 2 aromatic carbocycles. The van der Waals surface area contributed by atoms with E-state index in [-0.39, 0.29) is 89.7 Å². The molecule has 2 bridgehead atoms. The Morgan fingerprint density at radius 1 is 1.07 bits per heavy atom. The van der Waals surface area contributed by atoms with E-state index in [0.717, 1.165) is 38.5 Å². The molecule has 5 aliphatic rings. The zero-order chi connectivity index (χ0) is 43.0. The number of nitrogens with zero attached hydrogens (tertiary/aromatic N) is 6. The third kappa shape index (κ3) is 7.42. The highest BCUT2D eigenvalue weighted by molar-refractivity contribution is 7.85. The zero-order valence-corrected chi connectivity index (χ0v) is 35.5. The molecule has 7 heterocycles. The van der Waals surface area contributed by atoms with Crippen molar-refractivity contribution in [1.29, 1.82) is 0 Å². The van der Waals surface area contributed by atoms with Crippen molar-refractivity contribution in [3.63, 3.8) is 0 Å². The van der Waals surface area contributed by atoms with Crippen LogP contribution in [0.15, 0.2) is 24.3 Å². The highest BCUT2D eigenvalue weighted by atomic mass is 32.2. The number of fused-ring (bicyclic) bond motifs is 7. The van der Waals surface area contributed by atoms with Crippen LogP contribution in [-0.2, 0) is 23.8 Å². The molecule has 1 amide bonds. The topological polar surface area (TPSA) is 155 Å². The second-order valence-electron chi connectivity index (χ2n) is 17.5. The Morgan fingerprint density at radius 3 is 2.64 bits per heavy atom. The van der Waals surface area contributed by atoms with Crippen molar-refractivity contribution in [1.82, 2.24) is 24.8 Å². The predicted molar refractivity (Wildman–Crippen MR) is 220 cm³/mol. The van der Waals surface area contributed by atoms with Crippen LogP contribution in [0.2, 0.25) is 0 Å². The molecule has 0 radical (unpaired) electrons. The van der Waals surface area contributed by atoms with Gasteiger partial charge in [0, 0.05) is 30.6 Å². The first-order valence-electron chi connectivity index (χ1n) is 20.5. The second-order valence-corrected chi connectivity index (χ2v) is 19.2. The zero-order valence-electron chi connectivity index (χ0n) is 34.7. The van der Waals surface area contributed by atoms with E-state index in [4.69, 9.17) is 49.2 Å². The monoisotopic (exact) mass is 862 g/mol. The SMILES string of the molecule is C#Cc1c(F)ccc2cc(OCOC)cc(-c3nc4c5c(nc(OC[C@@]67CCCN6[C@H](COS(C)(=O)=O)CC7)nc5c3F)N3C[C@H]5CC[C@@H]([C@H]3CO4)N5C(=O)OC(C)(C)C)c12. The highest BCUT2D eigenvalue weighted by Crippen LogP contribution is 2.48. The minimum absolute atomic E-state index is 0.0393. The lowest BCUT2D eigenvalue weighted by Gasteiger charge is -2.46. The Balaban J connectivity index is 1.18. The van der Waals surface area contributed by atoms with Crippen molar-refractivity contribution in [3.05, 3.63) is 41.5 Å². The number of halogens is 2. The smallest absolute Gasteiger partial charge is 0.410 e. The van der Waals surface area contributed by atoms with Gasteiger partial charge in [-0.05, 0) is 89.4 Å². The fourth-order valence-electron chi connectivity index (χ4n) is 10.0. The fourth-order valence-corrected chi connectivity index (χ4v) is 10.5. The minimum Gasteiger partial charge on any atom is -0.475 e. The first-order valence-corrected chi connectivity index (χ1v) is 22.3. The largest absolute Gasteiger partial charge is 0.475 e. The lowest BCUT2D eigenvalue weighted by molar-refractivity contribution is 0.00536. The molecule has 15 nitrogen and oxygen atoms in total. The van der Waals surface area contributed by atoms with E-state index in [2.05, 4.69) is 10.8 Å². The summed E-state index contributed by atoms with van der Waals surface area (Å²) < 4.78 is 91.9. The van der Waals surface area contributed by atoms with Crippen molar-refractivity contribution in [2.75, 3.05) is 58.0 Å². The average molecular weight is 863 g/mol. The molecular formula is C43H48F2N6O9S. The van der Waals surface area contributed by atoms with Crippen LogP contribution in [0.5, 0.6) is 17.6 Å². The number of terminal acetylenes is 1. The molecule has 4 aromatic rings. The first-order chi connectivity index (χ1) is 29.1. The number of anilines is 1. The van der Waals surface area contributed by atoms with Gasteiger partial charge in [-0.1, -0.05) is 12.0 Å². The molecule has 0 aliphatic carbocycles. The Labute approximate surface area is 352 Å². The van der Waals surface area contributed by atoms with Crippen LogP contribution in [0.3, 0.4) is 0 Å². The van der Waals surface area contributed by atoms with Crippen LogP contribution in [0.25, 0.3) is 32.9 Å². The van der Waals surface area contributed by atoms with Crippen molar-refractivity contribution in [2.45, 2.75) is 94.6 Å². The van der Waals surface area contributed by atoms with E-state index in [0.29, 0.717) is 36.3 Å². The molecule has 324 valence electrons. The van der Waals surface area contributed by atoms with E-state index in [9.17, 15) is 13.2 Å². The number of carbonyl (C=O) groups is 1. The van der Waals surface area contributed by atoms with Gasteiger partial charge >= 0.3 is 12.1 Å². The molecule has 0 saturated carbocycles. The first kappa shape index (κ1) is 41.3. The summed E-state index contributed by atoms with van der Waals surface area (Å²) in [6, 6.07) is 4.78. The molecule has 18 heteroatoms. The molecule has 0 spiro atoms. The molecule has 61 heavy (non-hydrogen) atoms. The van der Waals surface area contributed by atoms with Crippen molar-refractivity contribution in [2.24, 2.45) is 0 Å². The van der Waals surface area contributed by atoms with Crippen LogP contribution in [-0.4, -0.2) is 128 Å². The second kappa shape index (κ2) is 15.4. The van der Waals surface area contributed by atoms with Crippen LogP contribution in [0, 0.1) is 24.0 Å². The Kier molecular flexibility index (Phi) is 10.4. The summed E-state index contributed by atoms with van der Waals surface area (Å²) in [6.45, 7) is 6.72. The van der Waals surface area contributed by atoms with Gasteiger partial charge in [0.25, 0.3) is 10.1 Å². The van der Waals surface area contributed by atoms with Crippen molar-refractivity contribution in [3.8, 4) is 41.2 Å². The van der Waals surface area contributed by atoms with E-state index in [1.807, 2.05) is 25.7 Å². The number of hydrogen-bond donors (Lipinski definition) is 0. The van der Waals surface area contributed by atoms with E-state index in [1.165, 1.54) is 25.3 Å². The summed E-state index contributed by atoms with van der Waals surface area (Å²) in [5.74, 6) is 1.61. The number of amides is 1. The van der Waals surface area contributed by atoms with Gasteiger partial charge in [-0.3, -0.25) is 14.0 Å². The number of aromatic nitrogens is 3. The summed E-state index contributed by atoms with van der Waals surface area (Å²) in [7, 11) is -2.16. The van der Waals surface area contributed by atoms with Gasteiger partial charge in [0.1, 0.15) is 52.8 Å². The Hall–Kier alpha value is -5.09. The maximum absolute atomic E-state index is 17.7. The molecule has 0 N–H and O–H groups in total. The average Bonchev–Trinajstić information content (AvgIpc) is 3.85. The standard InChI is InChI=1S/C43H48F2N6O9S/c1-7-28-30(44)11-9-24-17-27(58-23-55-5)18-29(33(24)28)36-35(45)37-34-38(48-40(47-37)57-22-43-14-8-16-50(43)26(13-15-43)20-59-61(6,53)54)49-19-25-10-12-31(32(49)21-56-39(34)46-36)51(25)41(52)60-42(2,3)4/h1,9,11,17-18,25-26,31-32H,8,10,12-16,19-23H2,2-6H3/t25-,26+,31+,32-,43+/m1/s1. The summed E-state index contributed by atoms with van der Waals surface area (Å²) in [5.41, 5.74) is -1.44. The number of piperazine rings is 1. The summed E-state index contributed by atoms with van der Waals surface area (Å²) in [6.07, 6.45) is 11.0. The summed E-state index contributed by atoms with van der Waals surface area (Å²) in [4.78, 5) is 34.3. The quantitative estimate of drug-likeness (QED) is 0.107. The fraction of sp³-hybridized carbons (Fsp3) is 0.535. The summed E-state index contributed by atoms with van der Waals surface area (Å²) >= 11 is 0. The van der Waals surface area contributed by atoms with Gasteiger partial charge in [0.05, 0.1) is 42.1 Å². The van der Waals surface area contributed by atoms with Crippen LogP contribution in [0.4, 0.5) is 19.4 Å². The van der Waals surface area contributed by atoms with Crippen LogP contribution in [0.1, 0.15) is 64.9 Å².